The Hall–Kier alpha value is -2.01. The van der Waals surface area contributed by atoms with Gasteiger partial charge in [0.25, 0.3) is 0 Å². The van der Waals surface area contributed by atoms with Crippen molar-refractivity contribution >= 4 is 16.9 Å². The van der Waals surface area contributed by atoms with Gasteiger partial charge in [0.1, 0.15) is 0 Å². The number of carbonyl (C=O) groups excluding carboxylic acids is 1. The maximum absolute atomic E-state index is 12.1. The minimum Gasteiger partial charge on any atom is -0.385 e. The van der Waals surface area contributed by atoms with Gasteiger partial charge >= 0.3 is 6.03 Å². The molecule has 1 aromatic carbocycles. The van der Waals surface area contributed by atoms with Crippen molar-refractivity contribution in [3.63, 3.8) is 0 Å². The minimum atomic E-state index is 0.00964. The Morgan fingerprint density at radius 2 is 2.29 bits per heavy atom. The van der Waals surface area contributed by atoms with E-state index in [9.17, 15) is 4.79 Å². The summed E-state index contributed by atoms with van der Waals surface area (Å²) in [5.41, 5.74) is 3.67. The molecule has 0 atom stereocenters. The fourth-order valence-corrected chi connectivity index (χ4v) is 2.89. The van der Waals surface area contributed by atoms with E-state index in [1.165, 1.54) is 10.9 Å². The molecule has 1 aromatic heterocycles. The van der Waals surface area contributed by atoms with E-state index in [1.807, 2.05) is 11.0 Å². The molecular formula is C16H21N3O2. The first kappa shape index (κ1) is 13.9. The molecule has 2 aromatic rings. The summed E-state index contributed by atoms with van der Waals surface area (Å²) in [6.07, 6.45) is 1.75. The van der Waals surface area contributed by atoms with Gasteiger partial charge in [-0.1, -0.05) is 18.2 Å². The van der Waals surface area contributed by atoms with Crippen LogP contribution in [0, 0.1) is 0 Å². The summed E-state index contributed by atoms with van der Waals surface area (Å²) in [6.45, 7) is 2.75. The smallest absolute Gasteiger partial charge is 0.317 e. The van der Waals surface area contributed by atoms with E-state index < -0.39 is 0 Å². The molecule has 0 fully saturated rings. The van der Waals surface area contributed by atoms with Gasteiger partial charge in [-0.25, -0.2) is 4.79 Å². The predicted molar refractivity (Wildman–Crippen MR) is 82.3 cm³/mol. The Labute approximate surface area is 124 Å². The number of aromatic amines is 1. The summed E-state index contributed by atoms with van der Waals surface area (Å²) in [4.78, 5) is 17.4. The van der Waals surface area contributed by atoms with Crippen LogP contribution in [0.4, 0.5) is 4.79 Å². The van der Waals surface area contributed by atoms with Crippen molar-refractivity contribution in [1.82, 2.24) is 15.2 Å². The van der Waals surface area contributed by atoms with Gasteiger partial charge in [-0.15, -0.1) is 0 Å². The number of hydrogen-bond acceptors (Lipinski definition) is 2. The van der Waals surface area contributed by atoms with Crippen LogP contribution in [-0.2, 0) is 17.7 Å². The summed E-state index contributed by atoms with van der Waals surface area (Å²) in [6, 6.07) is 8.33. The zero-order valence-corrected chi connectivity index (χ0v) is 12.3. The van der Waals surface area contributed by atoms with E-state index in [2.05, 4.69) is 28.5 Å². The average Bonchev–Trinajstić information content (AvgIpc) is 2.89. The molecule has 1 aliphatic heterocycles. The van der Waals surface area contributed by atoms with E-state index in [0.29, 0.717) is 19.7 Å². The molecule has 112 valence electrons. The topological polar surface area (TPSA) is 57.4 Å². The van der Waals surface area contributed by atoms with E-state index in [0.717, 1.165) is 30.6 Å². The zero-order valence-electron chi connectivity index (χ0n) is 12.3. The molecule has 1 aliphatic rings. The van der Waals surface area contributed by atoms with Crippen molar-refractivity contribution in [3.05, 3.63) is 35.5 Å². The molecule has 2 N–H and O–H groups in total. The number of H-pyrrole nitrogens is 1. The number of nitrogens with zero attached hydrogens (tertiary/aromatic N) is 1. The van der Waals surface area contributed by atoms with Crippen LogP contribution in [0.5, 0.6) is 0 Å². The lowest BCUT2D eigenvalue weighted by molar-refractivity contribution is 0.182. The zero-order chi connectivity index (χ0) is 14.7. The molecular weight excluding hydrogens is 266 g/mol. The normalized spacial score (nSPS) is 14.2. The summed E-state index contributed by atoms with van der Waals surface area (Å²) in [5, 5.41) is 4.23. The number of amides is 2. The Morgan fingerprint density at radius 3 is 3.14 bits per heavy atom. The van der Waals surface area contributed by atoms with Gasteiger partial charge in [-0.3, -0.25) is 0 Å². The number of aromatic nitrogens is 1. The Kier molecular flexibility index (Phi) is 4.10. The third-order valence-corrected chi connectivity index (χ3v) is 3.97. The number of carbonyl (C=O) groups is 1. The molecule has 5 heteroatoms. The highest BCUT2D eigenvalue weighted by molar-refractivity contribution is 5.85. The lowest BCUT2D eigenvalue weighted by atomic mass is 10.0. The van der Waals surface area contributed by atoms with Gasteiger partial charge in [0.2, 0.25) is 0 Å². The monoisotopic (exact) mass is 287 g/mol. The highest BCUT2D eigenvalue weighted by Crippen LogP contribution is 2.27. The van der Waals surface area contributed by atoms with E-state index in [-0.39, 0.29) is 6.03 Å². The lowest BCUT2D eigenvalue weighted by Gasteiger charge is -2.27. The molecule has 0 unspecified atom stereocenters. The number of ether oxygens (including phenoxy) is 1. The van der Waals surface area contributed by atoms with E-state index in [1.54, 1.807) is 7.11 Å². The fourth-order valence-electron chi connectivity index (χ4n) is 2.89. The molecule has 0 bridgehead atoms. The quantitative estimate of drug-likeness (QED) is 0.848. The number of rotatable bonds is 4. The second kappa shape index (κ2) is 6.18. The molecule has 0 aliphatic carbocycles. The first-order valence-corrected chi connectivity index (χ1v) is 7.40. The first-order chi connectivity index (χ1) is 10.3. The second-order valence-electron chi connectivity index (χ2n) is 5.38. The van der Waals surface area contributed by atoms with Crippen molar-refractivity contribution in [1.29, 1.82) is 0 Å². The number of methoxy groups -OCH3 is 1. The van der Waals surface area contributed by atoms with Gasteiger partial charge in [0.05, 0.1) is 6.54 Å². The van der Waals surface area contributed by atoms with Crippen LogP contribution in [0.1, 0.15) is 17.7 Å². The molecule has 3 rings (SSSR count). The van der Waals surface area contributed by atoms with E-state index >= 15 is 0 Å². The largest absolute Gasteiger partial charge is 0.385 e. The fraction of sp³-hybridized carbons (Fsp3) is 0.438. The van der Waals surface area contributed by atoms with Gasteiger partial charge in [-0.05, 0) is 24.5 Å². The first-order valence-electron chi connectivity index (χ1n) is 7.40. The van der Waals surface area contributed by atoms with Crippen LogP contribution in [0.3, 0.4) is 0 Å². The van der Waals surface area contributed by atoms with Crippen LogP contribution in [-0.4, -0.2) is 42.7 Å². The number of nitrogens with one attached hydrogen (secondary N) is 2. The van der Waals surface area contributed by atoms with Crippen molar-refractivity contribution in [2.75, 3.05) is 26.8 Å². The average molecular weight is 287 g/mol. The minimum absolute atomic E-state index is 0.00964. The number of hydrogen-bond donors (Lipinski definition) is 2. The van der Waals surface area contributed by atoms with E-state index in [4.69, 9.17) is 4.74 Å². The van der Waals surface area contributed by atoms with Gasteiger partial charge in [0, 0.05) is 43.4 Å². The van der Waals surface area contributed by atoms with Crippen LogP contribution in [0.2, 0.25) is 0 Å². The summed E-state index contributed by atoms with van der Waals surface area (Å²) < 4.78 is 4.98. The maximum Gasteiger partial charge on any atom is 0.317 e. The van der Waals surface area contributed by atoms with Gasteiger partial charge in [0.15, 0.2) is 0 Å². The van der Waals surface area contributed by atoms with Crippen molar-refractivity contribution in [2.45, 2.75) is 19.4 Å². The third-order valence-electron chi connectivity index (χ3n) is 3.97. The number of benzene rings is 1. The van der Waals surface area contributed by atoms with Crippen LogP contribution >= 0.6 is 0 Å². The summed E-state index contributed by atoms with van der Waals surface area (Å²) >= 11 is 0. The molecule has 0 radical (unpaired) electrons. The van der Waals surface area contributed by atoms with Crippen LogP contribution < -0.4 is 5.32 Å². The molecule has 0 saturated heterocycles. The SMILES string of the molecule is COCCCNC(=O)N1CCc2c([nH]c3ccccc23)C1. The predicted octanol–water partition coefficient (Wildman–Crippen LogP) is 2.27. The Balaban J connectivity index is 1.65. The molecule has 21 heavy (non-hydrogen) atoms. The van der Waals surface area contributed by atoms with Crippen molar-refractivity contribution in [2.24, 2.45) is 0 Å². The van der Waals surface area contributed by atoms with Gasteiger partial charge < -0.3 is 19.9 Å². The van der Waals surface area contributed by atoms with Crippen LogP contribution in [0.25, 0.3) is 10.9 Å². The standard InChI is InChI=1S/C16H21N3O2/c1-21-10-4-8-17-16(20)19-9-7-13-12-5-2-3-6-14(12)18-15(13)11-19/h2-3,5-6,18H,4,7-11H2,1H3,(H,17,20). The second-order valence-corrected chi connectivity index (χ2v) is 5.38. The summed E-state index contributed by atoms with van der Waals surface area (Å²) in [5.74, 6) is 0. The maximum atomic E-state index is 12.1. The number of fused-ring (bicyclic) bond motifs is 3. The van der Waals surface area contributed by atoms with Gasteiger partial charge in [-0.2, -0.15) is 0 Å². The third kappa shape index (κ3) is 2.88. The molecule has 2 amide bonds. The molecule has 2 heterocycles. The summed E-state index contributed by atoms with van der Waals surface area (Å²) in [7, 11) is 1.67. The van der Waals surface area contributed by atoms with Crippen LogP contribution in [0.15, 0.2) is 24.3 Å². The molecule has 5 nitrogen and oxygen atoms in total. The Morgan fingerprint density at radius 1 is 1.43 bits per heavy atom. The van der Waals surface area contributed by atoms with Crippen molar-refractivity contribution < 1.29 is 9.53 Å². The molecule has 0 spiro atoms. The molecule has 0 saturated carbocycles. The highest BCUT2D eigenvalue weighted by Gasteiger charge is 2.23. The van der Waals surface area contributed by atoms with Crippen molar-refractivity contribution in [3.8, 4) is 0 Å². The number of para-hydroxylation sites is 1. The lowest BCUT2D eigenvalue weighted by Crippen LogP contribution is -2.43. The Bertz CT molecular complexity index is 635. The highest BCUT2D eigenvalue weighted by atomic mass is 16.5. The number of urea groups is 1.